The Labute approximate surface area is 159 Å². The second-order valence-corrected chi connectivity index (χ2v) is 6.46. The maximum Gasteiger partial charge on any atom is 0.251 e. The predicted molar refractivity (Wildman–Crippen MR) is 105 cm³/mol. The molecule has 1 aromatic carbocycles. The molecule has 140 valence electrons. The molecule has 0 bridgehead atoms. The van der Waals surface area contributed by atoms with Gasteiger partial charge in [0.25, 0.3) is 5.91 Å². The summed E-state index contributed by atoms with van der Waals surface area (Å²) < 4.78 is 0. The topological polar surface area (TPSA) is 65.5 Å². The van der Waals surface area contributed by atoms with Crippen LogP contribution in [0.1, 0.15) is 21.6 Å². The minimum Gasteiger partial charge on any atom is -0.355 e. The second kappa shape index (κ2) is 9.09. The van der Waals surface area contributed by atoms with Crippen LogP contribution in [0.25, 0.3) is 6.08 Å². The summed E-state index contributed by atoms with van der Waals surface area (Å²) in [5, 5.41) is 2.59. The Bertz CT molecular complexity index is 795. The number of hydrogen-bond acceptors (Lipinski definition) is 4. The van der Waals surface area contributed by atoms with E-state index in [0.29, 0.717) is 18.7 Å². The number of benzene rings is 1. The SMILES string of the molecule is CNC(=O)c1ccc(/C=C/C(=O)N2CCN(Cc3ccccn3)CC2)cc1. The van der Waals surface area contributed by atoms with Crippen molar-refractivity contribution < 1.29 is 9.59 Å². The van der Waals surface area contributed by atoms with Gasteiger partial charge in [-0.25, -0.2) is 0 Å². The van der Waals surface area contributed by atoms with Crippen LogP contribution in [0.2, 0.25) is 0 Å². The van der Waals surface area contributed by atoms with Gasteiger partial charge in [0.1, 0.15) is 0 Å². The number of pyridine rings is 1. The summed E-state index contributed by atoms with van der Waals surface area (Å²) in [5.41, 5.74) is 2.55. The van der Waals surface area contributed by atoms with E-state index in [4.69, 9.17) is 0 Å². The van der Waals surface area contributed by atoms with E-state index >= 15 is 0 Å². The molecule has 0 saturated carbocycles. The highest BCUT2D eigenvalue weighted by atomic mass is 16.2. The largest absolute Gasteiger partial charge is 0.355 e. The zero-order chi connectivity index (χ0) is 19.1. The van der Waals surface area contributed by atoms with E-state index in [2.05, 4.69) is 15.2 Å². The molecule has 1 aliphatic heterocycles. The number of aromatic nitrogens is 1. The zero-order valence-corrected chi connectivity index (χ0v) is 15.5. The maximum absolute atomic E-state index is 12.4. The third-order valence-corrected chi connectivity index (χ3v) is 4.61. The van der Waals surface area contributed by atoms with E-state index < -0.39 is 0 Å². The summed E-state index contributed by atoms with van der Waals surface area (Å²) in [6, 6.07) is 13.1. The monoisotopic (exact) mass is 364 g/mol. The number of amides is 2. The minimum atomic E-state index is -0.120. The predicted octanol–water partition coefficient (Wildman–Crippen LogP) is 1.80. The van der Waals surface area contributed by atoms with Gasteiger partial charge in [0.15, 0.2) is 0 Å². The van der Waals surface area contributed by atoms with Crippen LogP contribution >= 0.6 is 0 Å². The quantitative estimate of drug-likeness (QED) is 0.822. The molecule has 0 atom stereocenters. The van der Waals surface area contributed by atoms with Crippen molar-refractivity contribution in [2.24, 2.45) is 0 Å². The number of carbonyl (C=O) groups excluding carboxylic acids is 2. The molecule has 0 radical (unpaired) electrons. The van der Waals surface area contributed by atoms with Gasteiger partial charge in [-0.1, -0.05) is 18.2 Å². The third kappa shape index (κ3) is 5.24. The number of piperazine rings is 1. The molecule has 2 amide bonds. The first-order valence-electron chi connectivity index (χ1n) is 9.07. The van der Waals surface area contributed by atoms with Gasteiger partial charge in [-0.15, -0.1) is 0 Å². The lowest BCUT2D eigenvalue weighted by Crippen LogP contribution is -2.47. The normalized spacial score (nSPS) is 15.1. The highest BCUT2D eigenvalue weighted by Gasteiger charge is 2.19. The fourth-order valence-electron chi connectivity index (χ4n) is 3.01. The molecule has 2 heterocycles. The van der Waals surface area contributed by atoms with Crippen LogP contribution in [0.4, 0.5) is 0 Å². The molecule has 3 rings (SSSR count). The lowest BCUT2D eigenvalue weighted by Gasteiger charge is -2.34. The van der Waals surface area contributed by atoms with Gasteiger partial charge < -0.3 is 10.2 Å². The van der Waals surface area contributed by atoms with E-state index in [0.717, 1.165) is 30.9 Å². The van der Waals surface area contributed by atoms with Crippen LogP contribution in [0.3, 0.4) is 0 Å². The lowest BCUT2D eigenvalue weighted by atomic mass is 10.1. The number of carbonyl (C=O) groups is 2. The van der Waals surface area contributed by atoms with Crippen molar-refractivity contribution >= 4 is 17.9 Å². The van der Waals surface area contributed by atoms with Crippen molar-refractivity contribution in [3.05, 3.63) is 71.6 Å². The first-order chi connectivity index (χ1) is 13.2. The smallest absolute Gasteiger partial charge is 0.251 e. The molecule has 6 heteroatoms. The average molecular weight is 364 g/mol. The lowest BCUT2D eigenvalue weighted by molar-refractivity contribution is -0.127. The number of rotatable bonds is 5. The molecule has 0 spiro atoms. The number of hydrogen-bond donors (Lipinski definition) is 1. The molecule has 1 N–H and O–H groups in total. The fourth-order valence-corrected chi connectivity index (χ4v) is 3.01. The molecule has 1 aliphatic rings. The molecular weight excluding hydrogens is 340 g/mol. The van der Waals surface area contributed by atoms with Crippen molar-refractivity contribution in [1.29, 1.82) is 0 Å². The summed E-state index contributed by atoms with van der Waals surface area (Å²) in [7, 11) is 1.60. The van der Waals surface area contributed by atoms with Crippen LogP contribution in [0.15, 0.2) is 54.7 Å². The summed E-state index contributed by atoms with van der Waals surface area (Å²) in [6.07, 6.45) is 5.20. The van der Waals surface area contributed by atoms with E-state index in [1.807, 2.05) is 35.2 Å². The average Bonchev–Trinajstić information content (AvgIpc) is 2.73. The highest BCUT2D eigenvalue weighted by Crippen LogP contribution is 2.09. The van der Waals surface area contributed by atoms with Crippen LogP contribution in [0, 0.1) is 0 Å². The Morgan fingerprint density at radius 1 is 1.07 bits per heavy atom. The third-order valence-electron chi connectivity index (χ3n) is 4.61. The van der Waals surface area contributed by atoms with E-state index in [1.165, 1.54) is 0 Å². The summed E-state index contributed by atoms with van der Waals surface area (Å²) >= 11 is 0. The van der Waals surface area contributed by atoms with Crippen molar-refractivity contribution in [3.8, 4) is 0 Å². The van der Waals surface area contributed by atoms with Crippen LogP contribution in [-0.4, -0.2) is 59.8 Å². The number of nitrogens with zero attached hydrogens (tertiary/aromatic N) is 3. The van der Waals surface area contributed by atoms with Crippen LogP contribution in [-0.2, 0) is 11.3 Å². The Hall–Kier alpha value is -2.99. The highest BCUT2D eigenvalue weighted by molar-refractivity contribution is 5.94. The molecule has 0 unspecified atom stereocenters. The summed E-state index contributed by atoms with van der Waals surface area (Å²) in [4.78, 5) is 32.5. The first kappa shape index (κ1) is 18.8. The molecular formula is C21H24N4O2. The Morgan fingerprint density at radius 3 is 2.44 bits per heavy atom. The van der Waals surface area contributed by atoms with Gasteiger partial charge in [-0.05, 0) is 35.9 Å². The molecule has 27 heavy (non-hydrogen) atoms. The van der Waals surface area contributed by atoms with E-state index in [-0.39, 0.29) is 11.8 Å². The molecule has 0 aliphatic carbocycles. The van der Waals surface area contributed by atoms with E-state index in [1.54, 1.807) is 37.5 Å². The van der Waals surface area contributed by atoms with Gasteiger partial charge >= 0.3 is 0 Å². The Morgan fingerprint density at radius 2 is 1.81 bits per heavy atom. The van der Waals surface area contributed by atoms with Crippen molar-refractivity contribution in [3.63, 3.8) is 0 Å². The van der Waals surface area contributed by atoms with Gasteiger partial charge in [0.2, 0.25) is 5.91 Å². The van der Waals surface area contributed by atoms with Crippen molar-refractivity contribution in [2.45, 2.75) is 6.54 Å². The van der Waals surface area contributed by atoms with Crippen molar-refractivity contribution in [1.82, 2.24) is 20.1 Å². The van der Waals surface area contributed by atoms with Gasteiger partial charge in [-0.3, -0.25) is 19.5 Å². The standard InChI is InChI=1S/C21H24N4O2/c1-22-21(27)18-8-5-17(6-9-18)7-10-20(26)25-14-12-24(13-15-25)16-19-4-2-3-11-23-19/h2-11H,12-16H2,1H3,(H,22,27)/b10-7+. The summed E-state index contributed by atoms with van der Waals surface area (Å²) in [5.74, 6) is -0.104. The first-order valence-corrected chi connectivity index (χ1v) is 9.07. The van der Waals surface area contributed by atoms with Gasteiger partial charge in [-0.2, -0.15) is 0 Å². The molecule has 1 saturated heterocycles. The minimum absolute atomic E-state index is 0.0165. The zero-order valence-electron chi connectivity index (χ0n) is 15.5. The van der Waals surface area contributed by atoms with Gasteiger partial charge in [0.05, 0.1) is 5.69 Å². The van der Waals surface area contributed by atoms with Crippen LogP contribution < -0.4 is 5.32 Å². The van der Waals surface area contributed by atoms with Crippen LogP contribution in [0.5, 0.6) is 0 Å². The van der Waals surface area contributed by atoms with Gasteiger partial charge in [0, 0.05) is 57.6 Å². The molecule has 1 aromatic heterocycles. The number of nitrogens with one attached hydrogen (secondary N) is 1. The Balaban J connectivity index is 1.49. The molecule has 1 fully saturated rings. The second-order valence-electron chi connectivity index (χ2n) is 6.46. The Kier molecular flexibility index (Phi) is 6.33. The molecule has 6 nitrogen and oxygen atoms in total. The van der Waals surface area contributed by atoms with Crippen molar-refractivity contribution in [2.75, 3.05) is 33.2 Å². The molecule has 2 aromatic rings. The van der Waals surface area contributed by atoms with E-state index in [9.17, 15) is 9.59 Å². The fraction of sp³-hybridized carbons (Fsp3) is 0.286. The maximum atomic E-state index is 12.4. The summed E-state index contributed by atoms with van der Waals surface area (Å²) in [6.45, 7) is 3.93.